The van der Waals surface area contributed by atoms with Crippen molar-refractivity contribution in [2.45, 2.75) is 62.6 Å². The molecule has 4 rings (SSSR count). The van der Waals surface area contributed by atoms with Crippen molar-refractivity contribution in [3.8, 4) is 0 Å². The average molecular weight is 637 g/mol. The molecule has 7 nitrogen and oxygen atoms in total. The summed E-state index contributed by atoms with van der Waals surface area (Å²) >= 11 is 18.6. The van der Waals surface area contributed by atoms with Crippen LogP contribution < -0.4 is 9.62 Å². The first-order chi connectivity index (χ1) is 19.6. The number of rotatable bonds is 11. The number of nitrogens with zero attached hydrogens (tertiary/aromatic N) is 2. The molecule has 0 spiro atoms. The van der Waals surface area contributed by atoms with E-state index in [9.17, 15) is 18.0 Å². The number of carbonyl (C=O) groups is 2. The molecule has 0 aromatic heterocycles. The number of amides is 2. The number of halogens is 3. The van der Waals surface area contributed by atoms with Crippen LogP contribution in [0.4, 0.5) is 5.69 Å². The maximum Gasteiger partial charge on any atom is 0.264 e. The fraction of sp³-hybridized carbons (Fsp3) is 0.333. The van der Waals surface area contributed by atoms with Gasteiger partial charge in [-0.25, -0.2) is 8.42 Å². The molecule has 11 heteroatoms. The second kappa shape index (κ2) is 13.9. The van der Waals surface area contributed by atoms with Crippen molar-refractivity contribution >= 4 is 62.3 Å². The molecule has 0 heterocycles. The highest BCUT2D eigenvalue weighted by molar-refractivity contribution is 7.92. The molecule has 0 radical (unpaired) electrons. The Morgan fingerprint density at radius 1 is 0.927 bits per heavy atom. The summed E-state index contributed by atoms with van der Waals surface area (Å²) in [5.41, 5.74) is 0.882. The first-order valence-electron chi connectivity index (χ1n) is 13.5. The molecule has 0 aliphatic heterocycles. The second-order valence-electron chi connectivity index (χ2n) is 9.99. The number of anilines is 1. The number of benzene rings is 3. The molecule has 0 bridgehead atoms. The van der Waals surface area contributed by atoms with Crippen LogP contribution in [-0.4, -0.2) is 43.8 Å². The summed E-state index contributed by atoms with van der Waals surface area (Å²) < 4.78 is 28.7. The van der Waals surface area contributed by atoms with Crippen molar-refractivity contribution in [1.29, 1.82) is 0 Å². The number of carbonyl (C=O) groups excluding carboxylic acids is 2. The van der Waals surface area contributed by atoms with Gasteiger partial charge in [0, 0.05) is 17.6 Å². The number of nitrogens with one attached hydrogen (secondary N) is 1. The first-order valence-corrected chi connectivity index (χ1v) is 16.0. The minimum atomic E-state index is -4.17. The Bertz CT molecular complexity index is 1480. The Labute approximate surface area is 256 Å². The second-order valence-corrected chi connectivity index (χ2v) is 13.1. The standard InChI is InChI=1S/C30H32Cl3N3O4S/c1-2-28(30(38)34-23-10-6-7-11-23)35(19-21-15-16-26(32)27(33)17-21)29(37)20-36(24-12-8-9-22(31)18-24)41(39,40)25-13-4-3-5-14-25/h3-5,8-9,12-18,23,28H,2,6-7,10-11,19-20H2,1H3,(H,34,38). The van der Waals surface area contributed by atoms with Crippen molar-refractivity contribution in [1.82, 2.24) is 10.2 Å². The normalized spacial score (nSPS) is 14.4. The smallest absolute Gasteiger partial charge is 0.264 e. The largest absolute Gasteiger partial charge is 0.352 e. The molecular weight excluding hydrogens is 605 g/mol. The zero-order chi connectivity index (χ0) is 29.6. The SMILES string of the molecule is CCC(C(=O)NC1CCCC1)N(Cc1ccc(Cl)c(Cl)c1)C(=O)CN(c1cccc(Cl)c1)S(=O)(=O)c1ccccc1. The molecule has 1 atom stereocenters. The molecule has 2 amide bonds. The van der Waals surface area contributed by atoms with E-state index in [1.807, 2.05) is 6.92 Å². The zero-order valence-electron chi connectivity index (χ0n) is 22.6. The van der Waals surface area contributed by atoms with E-state index in [-0.39, 0.29) is 29.1 Å². The lowest BCUT2D eigenvalue weighted by molar-refractivity contribution is -0.140. The van der Waals surface area contributed by atoms with E-state index >= 15 is 0 Å². The summed E-state index contributed by atoms with van der Waals surface area (Å²) in [5, 5.41) is 4.08. The minimum Gasteiger partial charge on any atom is -0.352 e. The Morgan fingerprint density at radius 2 is 1.63 bits per heavy atom. The quantitative estimate of drug-likeness (QED) is 0.254. The van der Waals surface area contributed by atoms with Gasteiger partial charge in [-0.2, -0.15) is 0 Å². The molecule has 1 saturated carbocycles. The van der Waals surface area contributed by atoms with Gasteiger partial charge in [0.1, 0.15) is 12.6 Å². The summed E-state index contributed by atoms with van der Waals surface area (Å²) in [4.78, 5) is 29.1. The molecule has 3 aromatic rings. The zero-order valence-corrected chi connectivity index (χ0v) is 25.7. The van der Waals surface area contributed by atoms with Gasteiger partial charge in [0.2, 0.25) is 11.8 Å². The van der Waals surface area contributed by atoms with Crippen LogP contribution in [0.5, 0.6) is 0 Å². The molecule has 1 aliphatic rings. The Kier molecular flexibility index (Phi) is 10.6. The third kappa shape index (κ3) is 7.74. The molecule has 0 saturated heterocycles. The third-order valence-corrected chi connectivity index (χ3v) is 9.89. The molecule has 1 aliphatic carbocycles. The van der Waals surface area contributed by atoms with E-state index in [1.54, 1.807) is 54.6 Å². The van der Waals surface area contributed by atoms with E-state index in [4.69, 9.17) is 34.8 Å². The lowest BCUT2D eigenvalue weighted by Gasteiger charge is -2.34. The fourth-order valence-corrected chi connectivity index (χ4v) is 6.93. The first kappa shape index (κ1) is 31.2. The fourth-order valence-electron chi connectivity index (χ4n) is 5.00. The highest BCUT2D eigenvalue weighted by Crippen LogP contribution is 2.28. The maximum absolute atomic E-state index is 14.1. The van der Waals surface area contributed by atoms with Crippen LogP contribution in [0.25, 0.3) is 0 Å². The van der Waals surface area contributed by atoms with Crippen molar-refractivity contribution in [2.75, 3.05) is 10.8 Å². The van der Waals surface area contributed by atoms with Gasteiger partial charge in [-0.05, 0) is 67.3 Å². The van der Waals surface area contributed by atoms with Crippen LogP contribution in [0.15, 0.2) is 77.7 Å². The summed E-state index contributed by atoms with van der Waals surface area (Å²) in [6.07, 6.45) is 4.19. The van der Waals surface area contributed by atoms with Gasteiger partial charge in [0.15, 0.2) is 0 Å². The van der Waals surface area contributed by atoms with Gasteiger partial charge in [-0.3, -0.25) is 13.9 Å². The van der Waals surface area contributed by atoms with Gasteiger partial charge >= 0.3 is 0 Å². The van der Waals surface area contributed by atoms with E-state index < -0.39 is 28.5 Å². The van der Waals surface area contributed by atoms with E-state index in [1.165, 1.54) is 23.1 Å². The highest BCUT2D eigenvalue weighted by Gasteiger charge is 2.34. The Morgan fingerprint density at radius 3 is 2.27 bits per heavy atom. The maximum atomic E-state index is 14.1. The number of sulfonamides is 1. The van der Waals surface area contributed by atoms with Gasteiger partial charge in [0.25, 0.3) is 10.0 Å². The van der Waals surface area contributed by atoms with Crippen molar-refractivity contribution in [2.24, 2.45) is 0 Å². The van der Waals surface area contributed by atoms with Gasteiger partial charge < -0.3 is 10.2 Å². The highest BCUT2D eigenvalue weighted by atomic mass is 35.5. The summed E-state index contributed by atoms with van der Waals surface area (Å²) in [7, 11) is -4.17. The monoisotopic (exact) mass is 635 g/mol. The molecule has 1 fully saturated rings. The van der Waals surface area contributed by atoms with Crippen LogP contribution in [0.3, 0.4) is 0 Å². The molecule has 3 aromatic carbocycles. The Balaban J connectivity index is 1.72. The molecule has 1 N–H and O–H groups in total. The molecule has 41 heavy (non-hydrogen) atoms. The predicted octanol–water partition coefficient (Wildman–Crippen LogP) is 6.71. The van der Waals surface area contributed by atoms with Gasteiger partial charge in [-0.1, -0.05) is 84.9 Å². The van der Waals surface area contributed by atoms with Crippen LogP contribution in [-0.2, 0) is 26.2 Å². The number of hydrogen-bond acceptors (Lipinski definition) is 4. The number of hydrogen-bond donors (Lipinski definition) is 1. The van der Waals surface area contributed by atoms with Gasteiger partial charge in [-0.15, -0.1) is 0 Å². The minimum absolute atomic E-state index is 0.0230. The van der Waals surface area contributed by atoms with E-state index in [0.29, 0.717) is 27.1 Å². The Hall–Kier alpha value is -2.78. The lowest BCUT2D eigenvalue weighted by atomic mass is 10.1. The molecule has 1 unspecified atom stereocenters. The lowest BCUT2D eigenvalue weighted by Crippen LogP contribution is -2.53. The predicted molar refractivity (Wildman–Crippen MR) is 164 cm³/mol. The molecular formula is C30H32Cl3N3O4S. The van der Waals surface area contributed by atoms with Crippen molar-refractivity contribution in [3.05, 3.63) is 93.4 Å². The van der Waals surface area contributed by atoms with Crippen molar-refractivity contribution < 1.29 is 18.0 Å². The topological polar surface area (TPSA) is 86.8 Å². The average Bonchev–Trinajstić information content (AvgIpc) is 3.46. The summed E-state index contributed by atoms with van der Waals surface area (Å²) in [6, 6.07) is 18.4. The van der Waals surface area contributed by atoms with Crippen molar-refractivity contribution in [3.63, 3.8) is 0 Å². The van der Waals surface area contributed by atoms with E-state index in [2.05, 4.69) is 5.32 Å². The van der Waals surface area contributed by atoms with Crippen LogP contribution in [0.2, 0.25) is 15.1 Å². The van der Waals surface area contributed by atoms with Crippen LogP contribution in [0, 0.1) is 0 Å². The van der Waals surface area contributed by atoms with Crippen LogP contribution in [0.1, 0.15) is 44.6 Å². The third-order valence-electron chi connectivity index (χ3n) is 7.13. The summed E-state index contributed by atoms with van der Waals surface area (Å²) in [5.74, 6) is -0.822. The molecule has 218 valence electrons. The summed E-state index contributed by atoms with van der Waals surface area (Å²) in [6.45, 7) is 1.30. The van der Waals surface area contributed by atoms with E-state index in [0.717, 1.165) is 30.0 Å². The van der Waals surface area contributed by atoms with Gasteiger partial charge in [0.05, 0.1) is 20.6 Å². The van der Waals surface area contributed by atoms with Crippen LogP contribution >= 0.6 is 34.8 Å².